The number of carbonyl (C=O) groups is 2. The van der Waals surface area contributed by atoms with E-state index in [2.05, 4.69) is 15.6 Å². The third kappa shape index (κ3) is 5.25. The first-order valence-electron chi connectivity index (χ1n) is 5.83. The van der Waals surface area contributed by atoms with Crippen molar-refractivity contribution in [3.63, 3.8) is 0 Å². The molecule has 0 atom stereocenters. The van der Waals surface area contributed by atoms with E-state index in [4.69, 9.17) is 0 Å². The van der Waals surface area contributed by atoms with E-state index in [1.165, 1.54) is 12.3 Å². The number of hydrogen-bond acceptors (Lipinski definition) is 3. The molecule has 2 N–H and O–H groups in total. The highest BCUT2D eigenvalue weighted by Gasteiger charge is 2.03. The molecule has 0 bridgehead atoms. The molecule has 1 aromatic heterocycles. The van der Waals surface area contributed by atoms with Gasteiger partial charge in [-0.05, 0) is 31.6 Å². The van der Waals surface area contributed by atoms with E-state index in [1.807, 2.05) is 0 Å². The Morgan fingerprint density at radius 3 is 2.78 bits per heavy atom. The number of rotatable bonds is 6. The predicted molar refractivity (Wildman–Crippen MR) is 69.0 cm³/mol. The van der Waals surface area contributed by atoms with Crippen molar-refractivity contribution in [1.29, 1.82) is 0 Å². The normalized spacial score (nSPS) is 10.3. The van der Waals surface area contributed by atoms with Crippen LogP contribution in [0.25, 0.3) is 0 Å². The monoisotopic (exact) mass is 247 g/mol. The summed E-state index contributed by atoms with van der Waals surface area (Å²) in [6, 6.07) is 3.42. The Bertz CT molecular complexity index is 416. The molecular formula is C13H17N3O2. The highest BCUT2D eigenvalue weighted by Crippen LogP contribution is 1.94. The fourth-order valence-electron chi connectivity index (χ4n) is 1.31. The zero-order valence-electron chi connectivity index (χ0n) is 10.3. The van der Waals surface area contributed by atoms with E-state index in [9.17, 15) is 9.59 Å². The Kier molecular flexibility index (Phi) is 6.17. The van der Waals surface area contributed by atoms with Gasteiger partial charge in [0, 0.05) is 25.5 Å². The minimum absolute atomic E-state index is 0.115. The molecule has 18 heavy (non-hydrogen) atoms. The maximum absolute atomic E-state index is 11.6. The van der Waals surface area contributed by atoms with Gasteiger partial charge in [0.05, 0.1) is 5.56 Å². The average molecular weight is 247 g/mol. The fourth-order valence-corrected chi connectivity index (χ4v) is 1.31. The molecule has 0 aliphatic rings. The van der Waals surface area contributed by atoms with Gasteiger partial charge < -0.3 is 10.6 Å². The number of allylic oxidation sites excluding steroid dienone is 1. The summed E-state index contributed by atoms with van der Waals surface area (Å²) in [4.78, 5) is 26.5. The van der Waals surface area contributed by atoms with Gasteiger partial charge in [0.1, 0.15) is 0 Å². The summed E-state index contributed by atoms with van der Waals surface area (Å²) in [6.45, 7) is 2.84. The van der Waals surface area contributed by atoms with Crippen molar-refractivity contribution in [2.75, 3.05) is 13.1 Å². The van der Waals surface area contributed by atoms with Gasteiger partial charge in [-0.1, -0.05) is 6.08 Å². The van der Waals surface area contributed by atoms with Crippen molar-refractivity contribution < 1.29 is 9.59 Å². The molecule has 5 nitrogen and oxygen atoms in total. The Balaban J connectivity index is 2.15. The molecule has 1 heterocycles. The molecule has 0 fully saturated rings. The van der Waals surface area contributed by atoms with Crippen molar-refractivity contribution in [1.82, 2.24) is 15.6 Å². The number of carbonyl (C=O) groups excluding carboxylic acids is 2. The Hall–Kier alpha value is -2.17. The van der Waals surface area contributed by atoms with Gasteiger partial charge in [0.25, 0.3) is 5.91 Å². The highest BCUT2D eigenvalue weighted by atomic mass is 16.2. The number of amides is 2. The molecule has 1 rings (SSSR count). The van der Waals surface area contributed by atoms with Crippen LogP contribution in [0, 0.1) is 0 Å². The van der Waals surface area contributed by atoms with Crippen molar-refractivity contribution >= 4 is 11.8 Å². The molecule has 0 aliphatic heterocycles. The summed E-state index contributed by atoms with van der Waals surface area (Å²) in [5.74, 6) is -0.265. The van der Waals surface area contributed by atoms with Crippen LogP contribution in [0.2, 0.25) is 0 Å². The smallest absolute Gasteiger partial charge is 0.252 e. The van der Waals surface area contributed by atoms with Crippen LogP contribution >= 0.6 is 0 Å². The lowest BCUT2D eigenvalue weighted by atomic mass is 10.2. The number of nitrogens with zero attached hydrogens (tertiary/aromatic N) is 1. The van der Waals surface area contributed by atoms with Crippen LogP contribution in [0.15, 0.2) is 36.7 Å². The molecule has 2 amide bonds. The van der Waals surface area contributed by atoms with Gasteiger partial charge in [-0.3, -0.25) is 14.6 Å². The van der Waals surface area contributed by atoms with Crippen LogP contribution in [-0.2, 0) is 4.79 Å². The molecule has 0 aromatic carbocycles. The summed E-state index contributed by atoms with van der Waals surface area (Å²) in [6.07, 6.45) is 6.97. The maximum atomic E-state index is 11.6. The summed E-state index contributed by atoms with van der Waals surface area (Å²) in [7, 11) is 0. The lowest BCUT2D eigenvalue weighted by molar-refractivity contribution is -0.116. The number of pyridine rings is 1. The zero-order chi connectivity index (χ0) is 13.2. The van der Waals surface area contributed by atoms with Crippen molar-refractivity contribution in [3.8, 4) is 0 Å². The highest BCUT2D eigenvalue weighted by molar-refractivity contribution is 5.93. The van der Waals surface area contributed by atoms with Crippen molar-refractivity contribution in [2.45, 2.75) is 13.3 Å². The molecule has 5 heteroatoms. The molecule has 0 aliphatic carbocycles. The second-order valence-corrected chi connectivity index (χ2v) is 3.64. The van der Waals surface area contributed by atoms with E-state index in [0.29, 0.717) is 25.1 Å². The molecule has 0 saturated heterocycles. The van der Waals surface area contributed by atoms with Gasteiger partial charge in [-0.25, -0.2) is 0 Å². The quantitative estimate of drug-likeness (QED) is 0.579. The van der Waals surface area contributed by atoms with E-state index in [1.54, 1.807) is 31.3 Å². The van der Waals surface area contributed by atoms with Crippen LogP contribution in [0.4, 0.5) is 0 Å². The number of hydrogen-bond donors (Lipinski definition) is 2. The number of aromatic nitrogens is 1. The topological polar surface area (TPSA) is 71.1 Å². The lowest BCUT2D eigenvalue weighted by Crippen LogP contribution is -2.29. The summed E-state index contributed by atoms with van der Waals surface area (Å²) in [5, 5.41) is 5.46. The van der Waals surface area contributed by atoms with Gasteiger partial charge in [-0.2, -0.15) is 0 Å². The van der Waals surface area contributed by atoms with Crippen molar-refractivity contribution in [3.05, 3.63) is 42.2 Å². The third-order valence-corrected chi connectivity index (χ3v) is 2.18. The Labute approximate surface area is 106 Å². The van der Waals surface area contributed by atoms with E-state index in [0.717, 1.165) is 0 Å². The minimum Gasteiger partial charge on any atom is -0.352 e. The third-order valence-electron chi connectivity index (χ3n) is 2.18. The molecular weight excluding hydrogens is 230 g/mol. The first kappa shape index (κ1) is 13.9. The second kappa shape index (κ2) is 8.00. The largest absolute Gasteiger partial charge is 0.352 e. The maximum Gasteiger partial charge on any atom is 0.252 e. The molecule has 0 unspecified atom stereocenters. The van der Waals surface area contributed by atoms with E-state index >= 15 is 0 Å². The number of nitrogens with one attached hydrogen (secondary N) is 2. The second-order valence-electron chi connectivity index (χ2n) is 3.64. The summed E-state index contributed by atoms with van der Waals surface area (Å²) < 4.78 is 0. The molecule has 0 spiro atoms. The summed E-state index contributed by atoms with van der Waals surface area (Å²) >= 11 is 0. The fraction of sp³-hybridized carbons (Fsp3) is 0.308. The summed E-state index contributed by atoms with van der Waals surface area (Å²) in [5.41, 5.74) is 0.537. The first-order chi connectivity index (χ1) is 8.74. The SMILES string of the molecule is C/C=C/C(=O)NCCCNC(=O)c1cccnc1. The molecule has 96 valence electrons. The molecule has 0 saturated carbocycles. The van der Waals surface area contributed by atoms with Gasteiger partial charge in [0.15, 0.2) is 0 Å². The van der Waals surface area contributed by atoms with Crippen LogP contribution in [0.5, 0.6) is 0 Å². The zero-order valence-corrected chi connectivity index (χ0v) is 10.3. The van der Waals surface area contributed by atoms with Gasteiger partial charge in [-0.15, -0.1) is 0 Å². The Morgan fingerprint density at radius 2 is 2.11 bits per heavy atom. The van der Waals surface area contributed by atoms with E-state index in [-0.39, 0.29) is 11.8 Å². The van der Waals surface area contributed by atoms with E-state index < -0.39 is 0 Å². The standard InChI is InChI=1S/C13H17N3O2/c1-2-5-12(17)15-8-4-9-16-13(18)11-6-3-7-14-10-11/h2-3,5-7,10H,4,8-9H2,1H3,(H,15,17)(H,16,18)/b5-2+. The minimum atomic E-state index is -0.150. The lowest BCUT2D eigenvalue weighted by Gasteiger charge is -2.05. The van der Waals surface area contributed by atoms with Gasteiger partial charge >= 0.3 is 0 Å². The molecule has 0 radical (unpaired) electrons. The molecule has 1 aromatic rings. The van der Waals surface area contributed by atoms with Crippen molar-refractivity contribution in [2.24, 2.45) is 0 Å². The van der Waals surface area contributed by atoms with Crippen LogP contribution in [0.1, 0.15) is 23.7 Å². The van der Waals surface area contributed by atoms with Gasteiger partial charge in [0.2, 0.25) is 5.91 Å². The van der Waals surface area contributed by atoms with Crippen LogP contribution in [-0.4, -0.2) is 29.9 Å². The average Bonchev–Trinajstić information content (AvgIpc) is 2.39. The Morgan fingerprint density at radius 1 is 1.33 bits per heavy atom. The first-order valence-corrected chi connectivity index (χ1v) is 5.83. The van der Waals surface area contributed by atoms with Crippen LogP contribution in [0.3, 0.4) is 0 Å². The van der Waals surface area contributed by atoms with Crippen LogP contribution < -0.4 is 10.6 Å². The predicted octanol–water partition coefficient (Wildman–Crippen LogP) is 0.894.